The SMILES string of the molecule is CCSc1nnc(NC(=O)Cc2c(C)nc(SC(C)c3ccccc3)[nH]c2=O)s1. The minimum Gasteiger partial charge on any atom is -0.301 e. The number of aromatic nitrogens is 4. The van der Waals surface area contributed by atoms with Crippen LogP contribution < -0.4 is 10.9 Å². The Kier molecular flexibility index (Phi) is 7.45. The van der Waals surface area contributed by atoms with E-state index in [1.165, 1.54) is 23.1 Å². The van der Waals surface area contributed by atoms with Crippen LogP contribution in [0, 0.1) is 6.92 Å². The molecule has 1 amide bonds. The number of aromatic amines is 1. The number of thioether (sulfide) groups is 2. The maximum atomic E-state index is 12.5. The van der Waals surface area contributed by atoms with E-state index in [9.17, 15) is 9.59 Å². The first kappa shape index (κ1) is 21.5. The molecule has 0 saturated heterocycles. The maximum absolute atomic E-state index is 12.5. The summed E-state index contributed by atoms with van der Waals surface area (Å²) in [6.45, 7) is 5.83. The molecule has 3 aromatic rings. The van der Waals surface area contributed by atoms with Gasteiger partial charge in [-0.2, -0.15) is 0 Å². The van der Waals surface area contributed by atoms with Crippen molar-refractivity contribution in [3.05, 3.63) is 57.5 Å². The number of nitrogens with zero attached hydrogens (tertiary/aromatic N) is 3. The first-order valence-corrected chi connectivity index (χ1v) is 11.7. The summed E-state index contributed by atoms with van der Waals surface area (Å²) in [5, 5.41) is 11.8. The molecule has 152 valence electrons. The van der Waals surface area contributed by atoms with Crippen molar-refractivity contribution < 1.29 is 4.79 Å². The summed E-state index contributed by atoms with van der Waals surface area (Å²) in [5.74, 6) is 0.568. The van der Waals surface area contributed by atoms with Gasteiger partial charge in [-0.15, -0.1) is 10.2 Å². The lowest BCUT2D eigenvalue weighted by molar-refractivity contribution is -0.115. The Morgan fingerprint density at radius 2 is 2.03 bits per heavy atom. The fourth-order valence-corrected chi connectivity index (χ4v) is 5.21. The smallest absolute Gasteiger partial charge is 0.255 e. The summed E-state index contributed by atoms with van der Waals surface area (Å²) in [7, 11) is 0. The number of rotatable bonds is 8. The molecule has 2 heterocycles. The summed E-state index contributed by atoms with van der Waals surface area (Å²) < 4.78 is 0.799. The molecule has 2 aromatic heterocycles. The van der Waals surface area contributed by atoms with Crippen molar-refractivity contribution in [3.8, 4) is 0 Å². The summed E-state index contributed by atoms with van der Waals surface area (Å²) in [5.41, 5.74) is 1.76. The molecule has 0 saturated carbocycles. The van der Waals surface area contributed by atoms with Crippen molar-refractivity contribution in [2.24, 2.45) is 0 Å². The molecular weight excluding hydrogens is 426 g/mol. The zero-order valence-electron chi connectivity index (χ0n) is 16.3. The average molecular weight is 448 g/mol. The molecule has 7 nitrogen and oxygen atoms in total. The van der Waals surface area contributed by atoms with E-state index >= 15 is 0 Å². The van der Waals surface area contributed by atoms with E-state index in [4.69, 9.17) is 0 Å². The molecule has 0 aliphatic heterocycles. The molecule has 0 aliphatic carbocycles. The van der Waals surface area contributed by atoms with E-state index in [1.54, 1.807) is 18.7 Å². The largest absolute Gasteiger partial charge is 0.301 e. The van der Waals surface area contributed by atoms with E-state index in [0.717, 1.165) is 15.7 Å². The minimum absolute atomic E-state index is 0.0663. The van der Waals surface area contributed by atoms with Gasteiger partial charge in [0.2, 0.25) is 11.0 Å². The molecule has 1 aromatic carbocycles. The number of benzene rings is 1. The van der Waals surface area contributed by atoms with Crippen molar-refractivity contribution in [3.63, 3.8) is 0 Å². The molecule has 0 radical (unpaired) electrons. The van der Waals surface area contributed by atoms with Crippen molar-refractivity contribution in [1.82, 2.24) is 20.2 Å². The van der Waals surface area contributed by atoms with E-state index < -0.39 is 0 Å². The molecule has 0 fully saturated rings. The van der Waals surface area contributed by atoms with Gasteiger partial charge in [0.05, 0.1) is 6.42 Å². The van der Waals surface area contributed by atoms with E-state index in [-0.39, 0.29) is 23.1 Å². The molecule has 0 bridgehead atoms. The second-order valence-electron chi connectivity index (χ2n) is 6.14. The van der Waals surface area contributed by atoms with Crippen LogP contribution in [0.3, 0.4) is 0 Å². The number of anilines is 1. The third kappa shape index (κ3) is 5.91. The van der Waals surface area contributed by atoms with Crippen LogP contribution in [-0.2, 0) is 11.2 Å². The first-order chi connectivity index (χ1) is 14.0. The van der Waals surface area contributed by atoms with Gasteiger partial charge in [-0.1, -0.05) is 72.1 Å². The Bertz CT molecular complexity index is 1040. The Balaban J connectivity index is 1.67. The summed E-state index contributed by atoms with van der Waals surface area (Å²) in [4.78, 5) is 32.2. The summed E-state index contributed by atoms with van der Waals surface area (Å²) >= 11 is 4.36. The van der Waals surface area contributed by atoms with Crippen LogP contribution in [0.25, 0.3) is 0 Å². The average Bonchev–Trinajstić information content (AvgIpc) is 3.12. The number of nitrogens with one attached hydrogen (secondary N) is 2. The monoisotopic (exact) mass is 447 g/mol. The van der Waals surface area contributed by atoms with Crippen LogP contribution in [0.1, 0.15) is 35.9 Å². The lowest BCUT2D eigenvalue weighted by atomic mass is 10.1. The molecule has 1 unspecified atom stereocenters. The number of amides is 1. The van der Waals surface area contributed by atoms with Gasteiger partial charge in [0.15, 0.2) is 9.50 Å². The molecule has 3 rings (SSSR count). The van der Waals surface area contributed by atoms with Crippen LogP contribution in [0.2, 0.25) is 0 Å². The van der Waals surface area contributed by atoms with Gasteiger partial charge >= 0.3 is 0 Å². The zero-order valence-corrected chi connectivity index (χ0v) is 18.7. The van der Waals surface area contributed by atoms with E-state index in [2.05, 4.69) is 32.4 Å². The number of H-pyrrole nitrogens is 1. The zero-order chi connectivity index (χ0) is 20.8. The molecule has 1 atom stereocenters. The number of carbonyl (C=O) groups excluding carboxylic acids is 1. The highest BCUT2D eigenvalue weighted by molar-refractivity contribution is 8.01. The van der Waals surface area contributed by atoms with Crippen LogP contribution >= 0.6 is 34.9 Å². The lowest BCUT2D eigenvalue weighted by Gasteiger charge is -2.12. The lowest BCUT2D eigenvalue weighted by Crippen LogP contribution is -2.23. The fraction of sp³-hybridized carbons (Fsp3) is 0.316. The van der Waals surface area contributed by atoms with E-state index in [0.29, 0.717) is 21.5 Å². The topological polar surface area (TPSA) is 101 Å². The van der Waals surface area contributed by atoms with Gasteiger partial charge in [0.1, 0.15) is 0 Å². The first-order valence-electron chi connectivity index (χ1n) is 9.03. The van der Waals surface area contributed by atoms with Crippen molar-refractivity contribution in [2.45, 2.75) is 41.9 Å². The molecule has 10 heteroatoms. The quantitative estimate of drug-likeness (QED) is 0.305. The highest BCUT2D eigenvalue weighted by atomic mass is 32.2. The molecule has 2 N–H and O–H groups in total. The van der Waals surface area contributed by atoms with Crippen molar-refractivity contribution in [2.75, 3.05) is 11.1 Å². The Labute approximate surface area is 181 Å². The van der Waals surface area contributed by atoms with Crippen LogP contribution in [0.15, 0.2) is 44.6 Å². The van der Waals surface area contributed by atoms with Crippen molar-refractivity contribution in [1.29, 1.82) is 0 Å². The highest BCUT2D eigenvalue weighted by Gasteiger charge is 2.16. The standard InChI is InChI=1S/C19H21N5O2S3/c1-4-27-19-24-23-18(29-19)21-15(25)10-14-11(2)20-17(22-16(14)26)28-12(3)13-8-6-5-7-9-13/h5-9,12H,4,10H2,1-3H3,(H,20,22,26)(H,21,23,25). The van der Waals surface area contributed by atoms with Gasteiger partial charge < -0.3 is 10.3 Å². The maximum Gasteiger partial charge on any atom is 0.255 e. The summed E-state index contributed by atoms with van der Waals surface area (Å²) in [6.07, 6.45) is -0.0663. The van der Waals surface area contributed by atoms with Crippen LogP contribution in [-0.4, -0.2) is 31.8 Å². The normalized spacial score (nSPS) is 12.0. The summed E-state index contributed by atoms with van der Waals surface area (Å²) in [6, 6.07) is 10.0. The second kappa shape index (κ2) is 10.0. The molecule has 29 heavy (non-hydrogen) atoms. The van der Waals surface area contributed by atoms with Crippen molar-refractivity contribution >= 4 is 45.9 Å². The Morgan fingerprint density at radius 1 is 1.28 bits per heavy atom. The van der Waals surface area contributed by atoms with Gasteiger partial charge in [-0.05, 0) is 25.2 Å². The second-order valence-corrected chi connectivity index (χ2v) is 9.96. The molecular formula is C19H21N5O2S3. The predicted octanol–water partition coefficient (Wildman–Crippen LogP) is 4.08. The van der Waals surface area contributed by atoms with Gasteiger partial charge in [-0.3, -0.25) is 9.59 Å². The van der Waals surface area contributed by atoms with Gasteiger partial charge in [0, 0.05) is 16.5 Å². The number of carbonyl (C=O) groups is 1. The number of aryl methyl sites for hydroxylation is 1. The third-order valence-electron chi connectivity index (χ3n) is 4.02. The minimum atomic E-state index is -0.317. The van der Waals surface area contributed by atoms with Gasteiger partial charge in [-0.25, -0.2) is 4.98 Å². The number of hydrogen-bond acceptors (Lipinski definition) is 8. The predicted molar refractivity (Wildman–Crippen MR) is 119 cm³/mol. The molecule has 0 spiro atoms. The van der Waals surface area contributed by atoms with E-state index in [1.807, 2.05) is 37.3 Å². The Hall–Kier alpha value is -2.17. The van der Waals surface area contributed by atoms with Gasteiger partial charge in [0.25, 0.3) is 5.56 Å². The third-order valence-corrected chi connectivity index (χ3v) is 6.91. The molecule has 0 aliphatic rings. The Morgan fingerprint density at radius 3 is 2.72 bits per heavy atom. The van der Waals surface area contributed by atoms with Crippen LogP contribution in [0.5, 0.6) is 0 Å². The highest BCUT2D eigenvalue weighted by Crippen LogP contribution is 2.32. The fourth-order valence-electron chi connectivity index (χ4n) is 2.57. The van der Waals surface area contributed by atoms with Crippen LogP contribution in [0.4, 0.5) is 5.13 Å². The number of hydrogen-bond donors (Lipinski definition) is 2.